The molecule has 1 aromatic carbocycles. The molecule has 0 amide bonds. The Morgan fingerprint density at radius 1 is 1.30 bits per heavy atom. The van der Waals surface area contributed by atoms with E-state index in [1.165, 1.54) is 11.1 Å². The van der Waals surface area contributed by atoms with E-state index in [4.69, 9.17) is 4.18 Å². The molecule has 20 heavy (non-hydrogen) atoms. The lowest BCUT2D eigenvalue weighted by molar-refractivity contribution is 0.103. The Morgan fingerprint density at radius 3 is 2.45 bits per heavy atom. The Labute approximate surface area is 126 Å². The Morgan fingerprint density at radius 2 is 1.90 bits per heavy atom. The van der Waals surface area contributed by atoms with Gasteiger partial charge in [0.25, 0.3) is 0 Å². The molecule has 108 valence electrons. The number of aryl methyl sites for hydroxylation is 1. The predicted molar refractivity (Wildman–Crippen MR) is 79.3 cm³/mol. The van der Waals surface area contributed by atoms with Gasteiger partial charge >= 0.3 is 10.1 Å². The molecule has 1 aliphatic rings. The standard InChI is InChI=1S/C13H14BrNO4S/c1-7-5-9(14)8(2)11-12(16)10(6-15(3)4)20(17,18)19-13(7)11/h5-6H,1-4H3. The lowest BCUT2D eigenvalue weighted by Crippen LogP contribution is -2.28. The van der Waals surface area contributed by atoms with Gasteiger partial charge < -0.3 is 9.08 Å². The molecule has 0 saturated carbocycles. The summed E-state index contributed by atoms with van der Waals surface area (Å²) in [5.74, 6) is -0.423. The molecule has 0 aromatic heterocycles. The molecule has 0 bridgehead atoms. The lowest BCUT2D eigenvalue weighted by Gasteiger charge is -2.23. The van der Waals surface area contributed by atoms with Crippen molar-refractivity contribution in [2.24, 2.45) is 0 Å². The normalized spacial score (nSPS) is 18.6. The lowest BCUT2D eigenvalue weighted by atomic mass is 10.00. The highest BCUT2D eigenvalue weighted by Crippen LogP contribution is 2.39. The van der Waals surface area contributed by atoms with E-state index in [9.17, 15) is 13.2 Å². The van der Waals surface area contributed by atoms with Crippen molar-refractivity contribution in [3.63, 3.8) is 0 Å². The number of hydrogen-bond donors (Lipinski definition) is 0. The quantitative estimate of drug-likeness (QED) is 0.568. The molecule has 0 fully saturated rings. The van der Waals surface area contributed by atoms with Crippen LogP contribution in [0.15, 0.2) is 21.6 Å². The molecule has 0 saturated heterocycles. The Bertz CT molecular complexity index is 735. The third kappa shape index (κ3) is 2.35. The zero-order chi connectivity index (χ0) is 15.2. The van der Waals surface area contributed by atoms with Crippen LogP contribution in [-0.4, -0.2) is 33.2 Å². The van der Waals surface area contributed by atoms with Crippen molar-refractivity contribution in [3.05, 3.63) is 38.3 Å². The summed E-state index contributed by atoms with van der Waals surface area (Å²) < 4.78 is 30.0. The number of nitrogens with zero attached hydrogens (tertiary/aromatic N) is 1. The summed E-state index contributed by atoms with van der Waals surface area (Å²) in [6.45, 7) is 3.45. The number of halogens is 1. The summed E-state index contributed by atoms with van der Waals surface area (Å²) in [7, 11) is -0.792. The van der Waals surface area contributed by atoms with Crippen LogP contribution in [0.4, 0.5) is 0 Å². The van der Waals surface area contributed by atoms with Gasteiger partial charge in [0, 0.05) is 24.8 Å². The summed E-state index contributed by atoms with van der Waals surface area (Å²) in [4.78, 5) is 13.7. The molecule has 5 nitrogen and oxygen atoms in total. The number of fused-ring (bicyclic) bond motifs is 1. The fourth-order valence-corrected chi connectivity index (χ4v) is 3.72. The molecule has 0 radical (unpaired) electrons. The number of allylic oxidation sites excluding steroid dienone is 1. The molecule has 0 aliphatic carbocycles. The van der Waals surface area contributed by atoms with Crippen LogP contribution in [0.25, 0.3) is 0 Å². The van der Waals surface area contributed by atoms with Gasteiger partial charge in [0.2, 0.25) is 5.78 Å². The average molecular weight is 360 g/mol. The van der Waals surface area contributed by atoms with E-state index in [0.717, 1.165) is 4.47 Å². The molecular formula is C13H14BrNO4S. The number of benzene rings is 1. The van der Waals surface area contributed by atoms with Crippen LogP contribution in [0.5, 0.6) is 5.75 Å². The minimum absolute atomic E-state index is 0.117. The van der Waals surface area contributed by atoms with Crippen LogP contribution >= 0.6 is 15.9 Å². The van der Waals surface area contributed by atoms with Crippen LogP contribution in [-0.2, 0) is 10.1 Å². The molecule has 1 aliphatic heterocycles. The molecule has 1 aromatic rings. The van der Waals surface area contributed by atoms with Crippen LogP contribution in [0, 0.1) is 13.8 Å². The first-order valence-corrected chi connectivity index (χ1v) is 8.02. The summed E-state index contributed by atoms with van der Waals surface area (Å²) in [5.41, 5.74) is 1.55. The highest BCUT2D eigenvalue weighted by molar-refractivity contribution is 9.10. The van der Waals surface area contributed by atoms with E-state index in [-0.39, 0.29) is 10.7 Å². The Balaban J connectivity index is 2.80. The summed E-state index contributed by atoms with van der Waals surface area (Å²) in [6, 6.07) is 1.73. The third-order valence-corrected chi connectivity index (χ3v) is 4.99. The second-order valence-electron chi connectivity index (χ2n) is 4.83. The monoisotopic (exact) mass is 359 g/mol. The number of rotatable bonds is 1. The molecule has 2 rings (SSSR count). The van der Waals surface area contributed by atoms with Crippen molar-refractivity contribution < 1.29 is 17.4 Å². The van der Waals surface area contributed by atoms with Crippen LogP contribution in [0.2, 0.25) is 0 Å². The highest BCUT2D eigenvalue weighted by Gasteiger charge is 2.38. The average Bonchev–Trinajstić information content (AvgIpc) is 2.31. The Hall–Kier alpha value is -1.34. The predicted octanol–water partition coefficient (Wildman–Crippen LogP) is 2.37. The number of ketones is 1. The second-order valence-corrected chi connectivity index (χ2v) is 7.20. The van der Waals surface area contributed by atoms with Crippen molar-refractivity contribution in [1.82, 2.24) is 4.90 Å². The van der Waals surface area contributed by atoms with E-state index in [1.54, 1.807) is 34.0 Å². The van der Waals surface area contributed by atoms with Crippen LogP contribution < -0.4 is 4.18 Å². The first-order chi connectivity index (χ1) is 9.15. The minimum atomic E-state index is -4.08. The van der Waals surface area contributed by atoms with Crippen molar-refractivity contribution in [2.75, 3.05) is 14.1 Å². The zero-order valence-corrected chi connectivity index (χ0v) is 13.9. The maximum absolute atomic E-state index is 12.5. The second kappa shape index (κ2) is 4.89. The summed E-state index contributed by atoms with van der Waals surface area (Å²) in [6.07, 6.45) is 1.26. The van der Waals surface area contributed by atoms with Gasteiger partial charge in [-0.05, 0) is 31.0 Å². The van der Waals surface area contributed by atoms with Gasteiger partial charge in [0.1, 0.15) is 0 Å². The van der Waals surface area contributed by atoms with Gasteiger partial charge in [0.05, 0.1) is 5.56 Å². The largest absolute Gasteiger partial charge is 0.382 e. The zero-order valence-electron chi connectivity index (χ0n) is 11.5. The third-order valence-electron chi connectivity index (χ3n) is 2.95. The molecule has 0 spiro atoms. The fraction of sp³-hybridized carbons (Fsp3) is 0.308. The van der Waals surface area contributed by atoms with E-state index in [2.05, 4.69) is 15.9 Å². The first kappa shape index (κ1) is 15.1. The van der Waals surface area contributed by atoms with Gasteiger partial charge in [-0.2, -0.15) is 8.42 Å². The SMILES string of the molecule is Cc1cc(Br)c(C)c2c1OS(=O)(=O)C(=CN(C)C)C2=O. The van der Waals surface area contributed by atoms with Gasteiger partial charge in [0.15, 0.2) is 10.7 Å². The van der Waals surface area contributed by atoms with Crippen LogP contribution in [0.3, 0.4) is 0 Å². The molecule has 7 heteroatoms. The molecule has 0 atom stereocenters. The van der Waals surface area contributed by atoms with E-state index >= 15 is 0 Å². The maximum Gasteiger partial charge on any atom is 0.344 e. The van der Waals surface area contributed by atoms with Crippen molar-refractivity contribution in [1.29, 1.82) is 0 Å². The smallest absolute Gasteiger partial charge is 0.344 e. The van der Waals surface area contributed by atoms with Crippen molar-refractivity contribution in [2.45, 2.75) is 13.8 Å². The number of carbonyl (C=O) groups excluding carboxylic acids is 1. The van der Waals surface area contributed by atoms with Crippen molar-refractivity contribution >= 4 is 31.8 Å². The van der Waals surface area contributed by atoms with E-state index in [0.29, 0.717) is 16.7 Å². The number of Topliss-reactive ketones (excluding diaryl/α,β-unsaturated/α-hetero) is 1. The number of hydrogen-bond acceptors (Lipinski definition) is 5. The number of carbonyl (C=O) groups is 1. The van der Waals surface area contributed by atoms with Gasteiger partial charge in [-0.1, -0.05) is 15.9 Å². The first-order valence-electron chi connectivity index (χ1n) is 5.82. The molecule has 0 N–H and O–H groups in total. The molecule has 0 unspecified atom stereocenters. The van der Waals surface area contributed by atoms with Crippen LogP contribution in [0.1, 0.15) is 21.5 Å². The topological polar surface area (TPSA) is 63.7 Å². The van der Waals surface area contributed by atoms with E-state index in [1.807, 2.05) is 0 Å². The maximum atomic E-state index is 12.5. The summed E-state index contributed by atoms with van der Waals surface area (Å²) in [5, 5.41) is 0. The van der Waals surface area contributed by atoms with E-state index < -0.39 is 15.9 Å². The molecular weight excluding hydrogens is 346 g/mol. The Kier molecular flexibility index (Phi) is 3.68. The highest BCUT2D eigenvalue weighted by atomic mass is 79.9. The van der Waals surface area contributed by atoms with Gasteiger partial charge in [-0.3, -0.25) is 4.79 Å². The van der Waals surface area contributed by atoms with Gasteiger partial charge in [-0.15, -0.1) is 0 Å². The summed E-state index contributed by atoms with van der Waals surface area (Å²) >= 11 is 3.36. The molecule has 1 heterocycles. The minimum Gasteiger partial charge on any atom is -0.382 e. The van der Waals surface area contributed by atoms with Crippen molar-refractivity contribution in [3.8, 4) is 5.75 Å². The van der Waals surface area contributed by atoms with Gasteiger partial charge in [-0.25, -0.2) is 0 Å². The fourth-order valence-electron chi connectivity index (χ4n) is 1.98.